The Morgan fingerprint density at radius 3 is 2.48 bits per heavy atom. The Morgan fingerprint density at radius 2 is 1.76 bits per heavy atom. The lowest BCUT2D eigenvalue weighted by Gasteiger charge is -2.63. The van der Waals surface area contributed by atoms with Crippen molar-refractivity contribution in [3.63, 3.8) is 0 Å². The third-order valence-electron chi connectivity index (χ3n) is 14.8. The zero-order chi connectivity index (χ0) is 29.9. The average Bonchev–Trinajstić information content (AvgIpc) is 3.59. The van der Waals surface area contributed by atoms with Gasteiger partial charge in [0.1, 0.15) is 5.78 Å². The highest BCUT2D eigenvalue weighted by atomic mass is 32.2. The third kappa shape index (κ3) is 3.68. The van der Waals surface area contributed by atoms with E-state index >= 15 is 0 Å². The largest absolute Gasteiger partial charge is 0.393 e. The van der Waals surface area contributed by atoms with Gasteiger partial charge in [-0.25, -0.2) is 0 Å². The van der Waals surface area contributed by atoms with E-state index < -0.39 is 0 Å². The molecule has 0 unspecified atom stereocenters. The van der Waals surface area contributed by atoms with Crippen molar-refractivity contribution in [2.45, 2.75) is 111 Å². The number of thioether (sulfide) groups is 1. The number of carbonyl (C=O) groups is 1. The molecule has 0 radical (unpaired) electrons. The van der Waals surface area contributed by atoms with Crippen molar-refractivity contribution in [2.24, 2.45) is 55.7 Å². The molecule has 2 spiro atoms. The topological polar surface area (TPSA) is 52.9 Å². The SMILES string of the molecule is CC(C)C1=N[C@H]2CC[C@]34C[C@@]35C(=O)C[C@]3(C)[C@@H]([C@H](C)N(C)CCc6ccccc6)[C@H](O)C[C@@]3(C)[C@@H]5CC[C@H]4[C@]2(C)CS1. The Labute approximate surface area is 258 Å². The maximum atomic E-state index is 14.8. The molecule has 6 aliphatic rings. The Morgan fingerprint density at radius 1 is 1.05 bits per heavy atom. The molecule has 1 aliphatic heterocycles. The zero-order valence-electron chi connectivity index (χ0n) is 27.2. The maximum Gasteiger partial charge on any atom is 0.140 e. The highest BCUT2D eigenvalue weighted by Gasteiger charge is 2.86. The standard InChI is InChI=1S/C37H54N2O2S/c1-23(2)32-38-29-15-17-36-21-37(36)28(14-13-27(36)33(29,4)22-42-32)34(5)19-26(40)31(35(34,6)20-30(37)41)24(3)39(7)18-16-25-11-9-8-10-12-25/h8-12,23-24,26-29,31,40H,13-22H2,1-7H3/t24-,26+,27-,28-,29-,31-,33-,34-,35+,36+,37+/m0/s1. The van der Waals surface area contributed by atoms with Crippen molar-refractivity contribution in [1.29, 1.82) is 0 Å². The lowest BCUT2D eigenvalue weighted by atomic mass is 9.41. The Balaban J connectivity index is 1.16. The van der Waals surface area contributed by atoms with Crippen LogP contribution in [0.4, 0.5) is 0 Å². The monoisotopic (exact) mass is 590 g/mol. The number of Topliss-reactive ketones (excluding diaryl/α,β-unsaturated/α-hetero) is 1. The minimum absolute atomic E-state index is 0.00394. The van der Waals surface area contributed by atoms with Gasteiger partial charge in [0.15, 0.2) is 0 Å². The van der Waals surface area contributed by atoms with Crippen molar-refractivity contribution >= 4 is 22.6 Å². The number of nitrogens with zero attached hydrogens (tertiary/aromatic N) is 2. The Kier molecular flexibility index (Phi) is 6.80. The fourth-order valence-corrected chi connectivity index (χ4v) is 13.8. The summed E-state index contributed by atoms with van der Waals surface area (Å²) in [6.45, 7) is 15.3. The average molecular weight is 591 g/mol. The molecule has 0 aromatic heterocycles. The predicted octanol–water partition coefficient (Wildman–Crippen LogP) is 7.29. The van der Waals surface area contributed by atoms with Crippen LogP contribution in [0.1, 0.15) is 92.1 Å². The molecule has 0 bridgehead atoms. The van der Waals surface area contributed by atoms with Crippen molar-refractivity contribution < 1.29 is 9.90 Å². The van der Waals surface area contributed by atoms with E-state index in [1.54, 1.807) is 0 Å². The summed E-state index contributed by atoms with van der Waals surface area (Å²) in [4.78, 5) is 22.6. The number of ketones is 1. The second-order valence-electron chi connectivity index (χ2n) is 16.6. The maximum absolute atomic E-state index is 14.8. The van der Waals surface area contributed by atoms with Gasteiger partial charge < -0.3 is 10.0 Å². The summed E-state index contributed by atoms with van der Waals surface area (Å²) in [7, 11) is 2.22. The molecule has 0 amide bonds. The smallest absolute Gasteiger partial charge is 0.140 e. The van der Waals surface area contributed by atoms with E-state index in [-0.39, 0.29) is 45.1 Å². The number of rotatable bonds is 6. The minimum atomic E-state index is -0.351. The number of carbonyl (C=O) groups excluding carboxylic acids is 1. The van der Waals surface area contributed by atoms with Crippen molar-refractivity contribution in [3.05, 3.63) is 35.9 Å². The summed E-state index contributed by atoms with van der Waals surface area (Å²) in [6, 6.07) is 11.4. The molecule has 1 N–H and O–H groups in total. The van der Waals surface area contributed by atoms with Gasteiger partial charge in [-0.2, -0.15) is 0 Å². The molecule has 1 aromatic rings. The van der Waals surface area contributed by atoms with Crippen LogP contribution in [0.25, 0.3) is 0 Å². The van der Waals surface area contributed by atoms with Crippen LogP contribution in [0.5, 0.6) is 0 Å². The second-order valence-corrected chi connectivity index (χ2v) is 17.6. The normalized spacial score (nSPS) is 48.1. The van der Waals surface area contributed by atoms with Gasteiger partial charge in [-0.05, 0) is 92.6 Å². The summed E-state index contributed by atoms with van der Waals surface area (Å²) in [6.07, 6.45) is 7.98. The first-order valence-corrected chi connectivity index (χ1v) is 18.0. The number of likely N-dealkylation sites (N-methyl/N-ethyl adjacent to an activating group) is 1. The lowest BCUT2D eigenvalue weighted by Crippen LogP contribution is -2.62. The Bertz CT molecular complexity index is 1280. The van der Waals surface area contributed by atoms with Crippen LogP contribution in [-0.2, 0) is 11.2 Å². The number of benzene rings is 1. The fourth-order valence-electron chi connectivity index (χ4n) is 12.4. The number of hydrogen-bond acceptors (Lipinski definition) is 5. The van der Waals surface area contributed by atoms with E-state index in [4.69, 9.17) is 4.99 Å². The molecule has 5 heteroatoms. The Hall–Kier alpha value is -1.17. The van der Waals surface area contributed by atoms with E-state index in [0.717, 1.165) is 38.6 Å². The van der Waals surface area contributed by atoms with Crippen LogP contribution in [0, 0.1) is 50.7 Å². The molecule has 7 rings (SSSR count). The molecule has 1 aromatic carbocycles. The summed E-state index contributed by atoms with van der Waals surface area (Å²) >= 11 is 2.01. The van der Waals surface area contributed by atoms with Crippen molar-refractivity contribution in [2.75, 3.05) is 19.3 Å². The van der Waals surface area contributed by atoms with Gasteiger partial charge in [0.2, 0.25) is 0 Å². The van der Waals surface area contributed by atoms with Crippen LogP contribution in [0.2, 0.25) is 0 Å². The van der Waals surface area contributed by atoms with Gasteiger partial charge in [0, 0.05) is 47.4 Å². The molecular formula is C37H54N2O2S. The molecule has 230 valence electrons. The van der Waals surface area contributed by atoms with Crippen molar-refractivity contribution in [1.82, 2.24) is 4.90 Å². The van der Waals surface area contributed by atoms with E-state index in [9.17, 15) is 9.90 Å². The van der Waals surface area contributed by atoms with Gasteiger partial charge in [0.05, 0.1) is 17.2 Å². The van der Waals surface area contributed by atoms with Crippen LogP contribution in [-0.4, -0.2) is 58.4 Å². The molecule has 11 atom stereocenters. The minimum Gasteiger partial charge on any atom is -0.393 e. The zero-order valence-corrected chi connectivity index (χ0v) is 28.0. The first-order valence-electron chi connectivity index (χ1n) is 17.0. The van der Waals surface area contributed by atoms with E-state index in [1.165, 1.54) is 29.2 Å². The summed E-state index contributed by atoms with van der Waals surface area (Å²) in [5.74, 6) is 3.36. The molecule has 5 saturated carbocycles. The first kappa shape index (κ1) is 29.5. The molecule has 1 heterocycles. The fraction of sp³-hybridized carbons (Fsp3) is 0.784. The van der Waals surface area contributed by atoms with Crippen LogP contribution < -0.4 is 0 Å². The lowest BCUT2D eigenvalue weighted by molar-refractivity contribution is -0.169. The number of aliphatic hydroxyl groups is 1. The van der Waals surface area contributed by atoms with Gasteiger partial charge in [-0.3, -0.25) is 9.79 Å². The van der Waals surface area contributed by atoms with Gasteiger partial charge in [-0.1, -0.05) is 65.0 Å². The number of aliphatic imine (C=N–C) groups is 1. The van der Waals surface area contributed by atoms with Crippen LogP contribution in [0.15, 0.2) is 35.3 Å². The number of aliphatic hydroxyl groups excluding tert-OH is 1. The molecule has 0 saturated heterocycles. The van der Waals surface area contributed by atoms with Crippen LogP contribution >= 0.6 is 11.8 Å². The predicted molar refractivity (Wildman–Crippen MR) is 174 cm³/mol. The van der Waals surface area contributed by atoms with Crippen molar-refractivity contribution in [3.8, 4) is 0 Å². The first-order chi connectivity index (χ1) is 19.8. The molecule has 5 fully saturated rings. The highest BCUT2D eigenvalue weighted by molar-refractivity contribution is 8.14. The third-order valence-corrected chi connectivity index (χ3v) is 16.4. The summed E-state index contributed by atoms with van der Waals surface area (Å²) in [5.41, 5.74) is 1.41. The van der Waals surface area contributed by atoms with Gasteiger partial charge in [-0.15, -0.1) is 11.8 Å². The molecular weight excluding hydrogens is 536 g/mol. The quantitative estimate of drug-likeness (QED) is 0.378. The second kappa shape index (κ2) is 9.66. The van der Waals surface area contributed by atoms with Crippen LogP contribution in [0.3, 0.4) is 0 Å². The summed E-state index contributed by atoms with van der Waals surface area (Å²) < 4.78 is 0. The van der Waals surface area contributed by atoms with Gasteiger partial charge in [0.25, 0.3) is 0 Å². The van der Waals surface area contributed by atoms with E-state index in [2.05, 4.69) is 83.8 Å². The van der Waals surface area contributed by atoms with E-state index in [0.29, 0.717) is 36.0 Å². The molecule has 4 nitrogen and oxygen atoms in total. The molecule has 5 aliphatic carbocycles. The number of fused-ring (bicyclic) bond motifs is 4. The highest BCUT2D eigenvalue weighted by Crippen LogP contribution is 2.88. The number of hydrogen-bond donors (Lipinski definition) is 1. The molecule has 42 heavy (non-hydrogen) atoms. The summed E-state index contributed by atoms with van der Waals surface area (Å²) in [5, 5.41) is 13.2. The van der Waals surface area contributed by atoms with E-state index in [1.807, 2.05) is 11.8 Å². The van der Waals surface area contributed by atoms with Gasteiger partial charge >= 0.3 is 0 Å².